The zero-order valence-electron chi connectivity index (χ0n) is 18.3. The Balaban J connectivity index is 0.000000352. The fraction of sp³-hybridized carbons (Fsp3) is 0.231. The molecular formula is C26H28FN3O2. The molecule has 0 aliphatic carbocycles. The summed E-state index contributed by atoms with van der Waals surface area (Å²) in [6, 6.07) is 19.7. The molecule has 0 amide bonds. The Labute approximate surface area is 187 Å². The number of halogens is 1. The number of hydrogen-bond acceptors (Lipinski definition) is 3. The highest BCUT2D eigenvalue weighted by atomic mass is 19.1. The maximum absolute atomic E-state index is 14.0. The third-order valence-electron chi connectivity index (χ3n) is 5.21. The molecule has 1 aromatic heterocycles. The molecule has 2 heterocycles. The van der Waals surface area contributed by atoms with Crippen molar-refractivity contribution in [2.45, 2.75) is 13.3 Å². The molecule has 0 radical (unpaired) electrons. The van der Waals surface area contributed by atoms with E-state index in [4.69, 9.17) is 5.11 Å². The largest absolute Gasteiger partial charge is 0.481 e. The van der Waals surface area contributed by atoms with Crippen LogP contribution < -0.4 is 10.8 Å². The summed E-state index contributed by atoms with van der Waals surface area (Å²) in [7, 11) is 1.76. The van der Waals surface area contributed by atoms with Gasteiger partial charge in [0.15, 0.2) is 0 Å². The molecular weight excluding hydrogens is 405 g/mol. The van der Waals surface area contributed by atoms with Crippen LogP contribution in [0.1, 0.15) is 22.3 Å². The average molecular weight is 434 g/mol. The van der Waals surface area contributed by atoms with Crippen LogP contribution in [0.4, 0.5) is 4.39 Å². The number of aryl methyl sites for hydroxylation is 1. The lowest BCUT2D eigenvalue weighted by molar-refractivity contribution is -0.143. The molecule has 2 aromatic carbocycles. The summed E-state index contributed by atoms with van der Waals surface area (Å²) in [4.78, 5) is 14.3. The summed E-state index contributed by atoms with van der Waals surface area (Å²) in [5.74, 6) is -1.01. The predicted molar refractivity (Wildman–Crippen MR) is 126 cm³/mol. The zero-order valence-corrected chi connectivity index (χ0v) is 18.3. The average Bonchev–Trinajstić information content (AvgIpc) is 2.73. The number of aliphatic carboxylic acids is 1. The molecule has 0 unspecified atom stereocenters. The first-order chi connectivity index (χ1) is 15.5. The third-order valence-corrected chi connectivity index (χ3v) is 5.21. The van der Waals surface area contributed by atoms with Gasteiger partial charge < -0.3 is 15.0 Å². The molecule has 2 N–H and O–H groups in total. The van der Waals surface area contributed by atoms with Gasteiger partial charge in [-0.2, -0.15) is 0 Å². The lowest BCUT2D eigenvalue weighted by Crippen LogP contribution is -2.46. The van der Waals surface area contributed by atoms with E-state index in [1.165, 1.54) is 11.1 Å². The number of nitrogens with zero attached hydrogens (tertiary/aromatic N) is 2. The van der Waals surface area contributed by atoms with Crippen molar-refractivity contribution in [1.29, 1.82) is 0 Å². The van der Waals surface area contributed by atoms with Gasteiger partial charge in [0.05, 0.1) is 5.92 Å². The highest BCUT2D eigenvalue weighted by Gasteiger charge is 2.23. The van der Waals surface area contributed by atoms with Gasteiger partial charge in [0.2, 0.25) is 0 Å². The Morgan fingerprint density at radius 3 is 2.47 bits per heavy atom. The van der Waals surface area contributed by atoms with Gasteiger partial charge in [-0.1, -0.05) is 42.5 Å². The van der Waals surface area contributed by atoms with Crippen LogP contribution in [0.15, 0.2) is 71.9 Å². The molecule has 166 valence electrons. The monoisotopic (exact) mass is 433 g/mol. The minimum Gasteiger partial charge on any atom is -0.481 e. The topological polar surface area (TPSA) is 66.6 Å². The summed E-state index contributed by atoms with van der Waals surface area (Å²) >= 11 is 0. The van der Waals surface area contributed by atoms with Gasteiger partial charge in [0.25, 0.3) is 0 Å². The Kier molecular flexibility index (Phi) is 8.11. The van der Waals surface area contributed by atoms with Crippen molar-refractivity contribution in [3.63, 3.8) is 0 Å². The zero-order chi connectivity index (χ0) is 22.9. The van der Waals surface area contributed by atoms with Crippen LogP contribution in [0.5, 0.6) is 0 Å². The summed E-state index contributed by atoms with van der Waals surface area (Å²) in [5, 5.41) is 11.1. The van der Waals surface area contributed by atoms with Gasteiger partial charge in [-0.05, 0) is 54.3 Å². The van der Waals surface area contributed by atoms with Gasteiger partial charge in [0.1, 0.15) is 11.3 Å². The van der Waals surface area contributed by atoms with E-state index in [9.17, 15) is 9.18 Å². The molecule has 1 aliphatic rings. The molecule has 1 fully saturated rings. The summed E-state index contributed by atoms with van der Waals surface area (Å²) in [6.45, 7) is 3.18. The first-order valence-corrected chi connectivity index (χ1v) is 10.5. The molecule has 0 atom stereocenters. The van der Waals surface area contributed by atoms with E-state index < -0.39 is 5.97 Å². The maximum atomic E-state index is 14.0. The van der Waals surface area contributed by atoms with Crippen molar-refractivity contribution in [1.82, 2.24) is 9.88 Å². The molecule has 4 rings (SSSR count). The van der Waals surface area contributed by atoms with E-state index in [-0.39, 0.29) is 11.7 Å². The SMILES string of the molecule is CN=c1cc(Cc2ccccc2)ccn1/C=C/c1ccc(C)cc1F.O=C(O)C1CNC1. The number of benzene rings is 2. The van der Waals surface area contributed by atoms with Gasteiger partial charge in [0, 0.05) is 38.1 Å². The van der Waals surface area contributed by atoms with Crippen LogP contribution in [0.2, 0.25) is 0 Å². The second-order valence-electron chi connectivity index (χ2n) is 7.72. The fourth-order valence-electron chi connectivity index (χ4n) is 3.18. The number of aromatic nitrogens is 1. The second kappa shape index (κ2) is 11.2. The van der Waals surface area contributed by atoms with E-state index >= 15 is 0 Å². The van der Waals surface area contributed by atoms with Crippen LogP contribution in [-0.2, 0) is 11.2 Å². The lowest BCUT2D eigenvalue weighted by Gasteiger charge is -2.21. The number of nitrogens with one attached hydrogen (secondary N) is 1. The van der Waals surface area contributed by atoms with Crippen LogP contribution in [-0.4, -0.2) is 35.8 Å². The molecule has 3 aromatic rings. The Hall–Kier alpha value is -3.51. The first-order valence-electron chi connectivity index (χ1n) is 10.5. The van der Waals surface area contributed by atoms with Gasteiger partial charge in [-0.15, -0.1) is 0 Å². The van der Waals surface area contributed by atoms with Crippen molar-refractivity contribution >= 4 is 18.2 Å². The Morgan fingerprint density at radius 1 is 1.16 bits per heavy atom. The predicted octanol–water partition coefficient (Wildman–Crippen LogP) is 3.98. The number of carboxylic acids is 1. The highest BCUT2D eigenvalue weighted by Crippen LogP contribution is 2.12. The number of rotatable bonds is 5. The molecule has 5 nitrogen and oxygen atoms in total. The van der Waals surface area contributed by atoms with Crippen LogP contribution in [0.3, 0.4) is 0 Å². The number of carboxylic acid groups (broad SMARTS) is 1. The molecule has 32 heavy (non-hydrogen) atoms. The molecule has 0 saturated carbocycles. The van der Waals surface area contributed by atoms with Crippen molar-refractivity contribution in [3.05, 3.63) is 100 Å². The van der Waals surface area contributed by atoms with E-state index in [0.717, 1.165) is 17.5 Å². The fourth-order valence-corrected chi connectivity index (χ4v) is 3.18. The minimum atomic E-state index is -0.682. The van der Waals surface area contributed by atoms with Crippen LogP contribution in [0.25, 0.3) is 12.3 Å². The lowest BCUT2D eigenvalue weighted by atomic mass is 10.1. The van der Waals surface area contributed by atoms with Crippen molar-refractivity contribution in [2.24, 2.45) is 10.9 Å². The minimum absolute atomic E-state index is 0.111. The van der Waals surface area contributed by atoms with Gasteiger partial charge >= 0.3 is 5.97 Å². The normalized spacial score (nSPS) is 14.0. The first kappa shape index (κ1) is 23.2. The number of pyridine rings is 1. The summed E-state index contributed by atoms with van der Waals surface area (Å²) in [5.41, 5.74) is 4.76. The summed E-state index contributed by atoms with van der Waals surface area (Å²) < 4.78 is 15.9. The second-order valence-corrected chi connectivity index (χ2v) is 7.72. The third kappa shape index (κ3) is 6.49. The van der Waals surface area contributed by atoms with Crippen LogP contribution >= 0.6 is 0 Å². The van der Waals surface area contributed by atoms with Crippen molar-refractivity contribution in [3.8, 4) is 0 Å². The molecule has 1 aliphatic heterocycles. The van der Waals surface area contributed by atoms with E-state index in [1.54, 1.807) is 25.3 Å². The standard InChI is InChI=1S/C22H21FN2.C4H7NO2/c1-17-8-9-20(21(23)14-17)11-13-25-12-10-19(16-22(25)24-2)15-18-6-4-3-5-7-18;6-4(7)3-1-5-2-3/h3-14,16H,15H2,1-2H3;3,5H,1-2H2,(H,6,7)/b13-11+,24-22?;. The molecule has 6 heteroatoms. The highest BCUT2D eigenvalue weighted by molar-refractivity contribution is 5.71. The smallest absolute Gasteiger partial charge is 0.309 e. The van der Waals surface area contributed by atoms with Gasteiger partial charge in [-0.3, -0.25) is 9.79 Å². The van der Waals surface area contributed by atoms with Crippen LogP contribution in [0, 0.1) is 18.7 Å². The maximum Gasteiger partial charge on any atom is 0.309 e. The van der Waals surface area contributed by atoms with E-state index in [1.807, 2.05) is 48.2 Å². The van der Waals surface area contributed by atoms with Gasteiger partial charge in [-0.25, -0.2) is 4.39 Å². The quantitative estimate of drug-likeness (QED) is 0.640. The summed E-state index contributed by atoms with van der Waals surface area (Å²) in [6.07, 6.45) is 6.42. The Morgan fingerprint density at radius 2 is 1.91 bits per heavy atom. The molecule has 0 bridgehead atoms. The van der Waals surface area contributed by atoms with Crippen molar-refractivity contribution in [2.75, 3.05) is 20.1 Å². The van der Waals surface area contributed by atoms with E-state index in [0.29, 0.717) is 18.7 Å². The molecule has 1 saturated heterocycles. The van der Waals surface area contributed by atoms with E-state index in [2.05, 4.69) is 34.6 Å². The Bertz CT molecular complexity index is 1150. The molecule has 0 spiro atoms. The van der Waals surface area contributed by atoms with Crippen molar-refractivity contribution < 1.29 is 14.3 Å². The number of carbonyl (C=O) groups is 1. The number of hydrogen-bond donors (Lipinski definition) is 2.